The van der Waals surface area contributed by atoms with Gasteiger partial charge in [0.05, 0.1) is 5.56 Å². The van der Waals surface area contributed by atoms with Gasteiger partial charge in [-0.15, -0.1) is 0 Å². The molecule has 2 unspecified atom stereocenters. The monoisotopic (exact) mass is 266 g/mol. The number of anilines is 1. The topological polar surface area (TPSA) is 78.4 Å². The molecule has 0 aromatic heterocycles. The Morgan fingerprint density at radius 1 is 1.47 bits per heavy atom. The molecule has 6 heteroatoms. The number of nitrogens with one attached hydrogen (secondary N) is 2. The molecule has 0 spiro atoms. The number of carboxylic acids is 1. The number of rotatable bonds is 4. The van der Waals surface area contributed by atoms with Crippen molar-refractivity contribution in [3.05, 3.63) is 29.6 Å². The van der Waals surface area contributed by atoms with Crippen LogP contribution in [-0.2, 0) is 0 Å². The fourth-order valence-corrected chi connectivity index (χ4v) is 1.85. The van der Waals surface area contributed by atoms with Crippen LogP contribution in [0.15, 0.2) is 18.2 Å². The van der Waals surface area contributed by atoms with Crippen LogP contribution in [0.1, 0.15) is 23.7 Å². The van der Waals surface area contributed by atoms with E-state index in [0.717, 1.165) is 18.6 Å². The van der Waals surface area contributed by atoms with Crippen molar-refractivity contribution < 1.29 is 19.1 Å². The fraction of sp³-hybridized carbons (Fsp3) is 0.385. The maximum absolute atomic E-state index is 13.4. The summed E-state index contributed by atoms with van der Waals surface area (Å²) in [5.41, 5.74) is -0.193. The second-order valence-corrected chi connectivity index (χ2v) is 4.81. The summed E-state index contributed by atoms with van der Waals surface area (Å²) >= 11 is 0. The predicted molar refractivity (Wildman–Crippen MR) is 67.7 cm³/mol. The number of hydrogen-bond acceptors (Lipinski definition) is 2. The van der Waals surface area contributed by atoms with Crippen LogP contribution in [0.4, 0.5) is 14.9 Å². The lowest BCUT2D eigenvalue weighted by Crippen LogP contribution is -2.30. The largest absolute Gasteiger partial charge is 0.478 e. The van der Waals surface area contributed by atoms with Crippen molar-refractivity contribution >= 4 is 17.7 Å². The van der Waals surface area contributed by atoms with Crippen molar-refractivity contribution in [2.24, 2.45) is 11.8 Å². The Hall–Kier alpha value is -2.11. The minimum atomic E-state index is -1.34. The Morgan fingerprint density at radius 3 is 2.68 bits per heavy atom. The van der Waals surface area contributed by atoms with Crippen LogP contribution in [0.3, 0.4) is 0 Å². The molecule has 1 aromatic rings. The van der Waals surface area contributed by atoms with E-state index in [2.05, 4.69) is 17.6 Å². The van der Waals surface area contributed by atoms with Gasteiger partial charge in [-0.25, -0.2) is 14.0 Å². The van der Waals surface area contributed by atoms with E-state index in [1.54, 1.807) is 0 Å². The van der Waals surface area contributed by atoms with Gasteiger partial charge in [-0.2, -0.15) is 0 Å². The van der Waals surface area contributed by atoms with Gasteiger partial charge in [0.1, 0.15) is 5.82 Å². The molecule has 0 aliphatic heterocycles. The molecule has 1 saturated carbocycles. The van der Waals surface area contributed by atoms with Crippen molar-refractivity contribution in [1.82, 2.24) is 5.32 Å². The maximum atomic E-state index is 13.4. The van der Waals surface area contributed by atoms with Gasteiger partial charge in [0.25, 0.3) is 0 Å². The third-order valence-corrected chi connectivity index (χ3v) is 3.26. The van der Waals surface area contributed by atoms with Gasteiger partial charge in [0.15, 0.2) is 0 Å². The molecule has 0 radical (unpaired) electrons. The molecule has 1 fully saturated rings. The molecule has 1 aromatic carbocycles. The van der Waals surface area contributed by atoms with E-state index < -0.39 is 23.4 Å². The van der Waals surface area contributed by atoms with Crippen LogP contribution >= 0.6 is 0 Å². The summed E-state index contributed by atoms with van der Waals surface area (Å²) in [6, 6.07) is 3.05. The minimum absolute atomic E-state index is 0.226. The number of hydrogen-bond donors (Lipinski definition) is 3. The standard InChI is InChI=1S/C13H15FN2O3/c1-7-4-8(7)6-15-13(19)16-9-2-3-10(12(17)18)11(14)5-9/h2-3,5,7-8H,4,6H2,1H3,(H,17,18)(H2,15,16,19). The first-order valence-corrected chi connectivity index (χ1v) is 6.05. The first-order chi connectivity index (χ1) is 8.97. The molecule has 0 heterocycles. The maximum Gasteiger partial charge on any atom is 0.338 e. The van der Waals surface area contributed by atoms with E-state index in [-0.39, 0.29) is 5.69 Å². The second-order valence-electron chi connectivity index (χ2n) is 4.81. The highest BCUT2D eigenvalue weighted by molar-refractivity contribution is 5.91. The van der Waals surface area contributed by atoms with E-state index in [1.807, 2.05) is 0 Å². The number of benzene rings is 1. The van der Waals surface area contributed by atoms with Crippen molar-refractivity contribution in [3.8, 4) is 0 Å². The first-order valence-electron chi connectivity index (χ1n) is 6.05. The normalized spacial score (nSPS) is 20.7. The Morgan fingerprint density at radius 2 is 2.16 bits per heavy atom. The summed E-state index contributed by atoms with van der Waals surface area (Å²) in [6.07, 6.45) is 1.11. The molecule has 0 bridgehead atoms. The molecule has 102 valence electrons. The van der Waals surface area contributed by atoms with E-state index in [1.165, 1.54) is 6.07 Å². The van der Waals surface area contributed by atoms with Gasteiger partial charge < -0.3 is 15.7 Å². The zero-order chi connectivity index (χ0) is 14.0. The van der Waals surface area contributed by atoms with Gasteiger partial charge in [-0.05, 0) is 36.5 Å². The number of aromatic carboxylic acids is 1. The van der Waals surface area contributed by atoms with Crippen LogP contribution in [0.5, 0.6) is 0 Å². The Bertz CT molecular complexity index is 519. The predicted octanol–water partition coefficient (Wildman–Crippen LogP) is 2.30. The molecule has 1 aliphatic carbocycles. The fourth-order valence-electron chi connectivity index (χ4n) is 1.85. The van der Waals surface area contributed by atoms with Crippen LogP contribution in [0.25, 0.3) is 0 Å². The summed E-state index contributed by atoms with van der Waals surface area (Å²) in [7, 11) is 0. The number of carbonyl (C=O) groups excluding carboxylic acids is 1. The molecule has 2 amide bonds. The third kappa shape index (κ3) is 3.43. The van der Waals surface area contributed by atoms with Crippen LogP contribution in [-0.4, -0.2) is 23.7 Å². The van der Waals surface area contributed by atoms with E-state index in [0.29, 0.717) is 18.4 Å². The quantitative estimate of drug-likeness (QED) is 0.782. The van der Waals surface area contributed by atoms with Crippen molar-refractivity contribution in [2.75, 3.05) is 11.9 Å². The van der Waals surface area contributed by atoms with Crippen LogP contribution in [0.2, 0.25) is 0 Å². The van der Waals surface area contributed by atoms with E-state index >= 15 is 0 Å². The molecular formula is C13H15FN2O3. The lowest BCUT2D eigenvalue weighted by molar-refractivity contribution is 0.0692. The zero-order valence-corrected chi connectivity index (χ0v) is 10.4. The zero-order valence-electron chi connectivity index (χ0n) is 10.4. The molecule has 2 rings (SSSR count). The first kappa shape index (κ1) is 13.3. The molecule has 3 N–H and O–H groups in total. The average molecular weight is 266 g/mol. The average Bonchev–Trinajstić information content (AvgIpc) is 3.02. The summed E-state index contributed by atoms with van der Waals surface area (Å²) < 4.78 is 13.4. The SMILES string of the molecule is CC1CC1CNC(=O)Nc1ccc(C(=O)O)c(F)c1. The molecule has 2 atom stereocenters. The summed E-state index contributed by atoms with van der Waals surface area (Å²) in [5.74, 6) is -1.04. The van der Waals surface area contributed by atoms with Crippen LogP contribution in [0, 0.1) is 17.7 Å². The molecular weight excluding hydrogens is 251 g/mol. The molecule has 5 nitrogen and oxygen atoms in total. The number of halogens is 1. The Balaban J connectivity index is 1.89. The molecule has 1 aliphatic rings. The highest BCUT2D eigenvalue weighted by Gasteiger charge is 2.32. The van der Waals surface area contributed by atoms with Crippen molar-refractivity contribution in [3.63, 3.8) is 0 Å². The van der Waals surface area contributed by atoms with Crippen molar-refractivity contribution in [1.29, 1.82) is 0 Å². The van der Waals surface area contributed by atoms with Gasteiger partial charge in [0.2, 0.25) is 0 Å². The van der Waals surface area contributed by atoms with E-state index in [4.69, 9.17) is 5.11 Å². The highest BCUT2D eigenvalue weighted by Crippen LogP contribution is 2.36. The summed E-state index contributed by atoms with van der Waals surface area (Å²) in [6.45, 7) is 2.72. The number of urea groups is 1. The number of carbonyl (C=O) groups is 2. The Labute approximate surface area is 109 Å². The number of amides is 2. The lowest BCUT2D eigenvalue weighted by atomic mass is 10.2. The minimum Gasteiger partial charge on any atom is -0.478 e. The smallest absolute Gasteiger partial charge is 0.338 e. The highest BCUT2D eigenvalue weighted by atomic mass is 19.1. The summed E-state index contributed by atoms with van der Waals surface area (Å²) in [5, 5.41) is 13.8. The van der Waals surface area contributed by atoms with Gasteiger partial charge >= 0.3 is 12.0 Å². The number of carboxylic acid groups (broad SMARTS) is 1. The van der Waals surface area contributed by atoms with Gasteiger partial charge in [-0.3, -0.25) is 0 Å². The summed E-state index contributed by atoms with van der Waals surface area (Å²) in [4.78, 5) is 22.2. The molecule has 19 heavy (non-hydrogen) atoms. The van der Waals surface area contributed by atoms with Crippen molar-refractivity contribution in [2.45, 2.75) is 13.3 Å². The third-order valence-electron chi connectivity index (χ3n) is 3.26. The second kappa shape index (κ2) is 5.26. The lowest BCUT2D eigenvalue weighted by Gasteiger charge is -2.08. The molecule has 0 saturated heterocycles. The van der Waals surface area contributed by atoms with Crippen LogP contribution < -0.4 is 10.6 Å². The van der Waals surface area contributed by atoms with Gasteiger partial charge in [0, 0.05) is 12.2 Å². The van der Waals surface area contributed by atoms with Gasteiger partial charge in [-0.1, -0.05) is 6.92 Å². The van der Waals surface area contributed by atoms with E-state index in [9.17, 15) is 14.0 Å². The Kier molecular flexibility index (Phi) is 3.69.